The molecule has 1 aromatic heterocycles. The highest BCUT2D eigenvalue weighted by Gasteiger charge is 2.00. The number of carbonyl (C=O) groups excluding carboxylic acids is 1. The van der Waals surface area contributed by atoms with E-state index in [0.717, 1.165) is 0 Å². The van der Waals surface area contributed by atoms with Crippen LogP contribution in [0.2, 0.25) is 0 Å². The molecule has 1 aromatic rings. The van der Waals surface area contributed by atoms with Crippen molar-refractivity contribution in [3.8, 4) is 5.75 Å². The average Bonchev–Trinajstić information content (AvgIpc) is 2.35. The van der Waals surface area contributed by atoms with Crippen molar-refractivity contribution in [3.05, 3.63) is 12.4 Å². The maximum atomic E-state index is 10.7. The van der Waals surface area contributed by atoms with Crippen molar-refractivity contribution in [2.75, 3.05) is 7.05 Å². The molecule has 2 N–H and O–H groups in total. The van der Waals surface area contributed by atoms with Gasteiger partial charge in [-0.1, -0.05) is 0 Å². The summed E-state index contributed by atoms with van der Waals surface area (Å²) in [6.07, 6.45) is 2.66. The van der Waals surface area contributed by atoms with E-state index in [-0.39, 0.29) is 18.2 Å². The molecule has 0 radical (unpaired) electrons. The summed E-state index contributed by atoms with van der Waals surface area (Å²) in [5.41, 5.74) is 0. The third-order valence-corrected chi connectivity index (χ3v) is 1.20. The second-order valence-corrected chi connectivity index (χ2v) is 2.07. The topological polar surface area (TPSA) is 67.2 Å². The summed E-state index contributed by atoms with van der Waals surface area (Å²) in [5, 5.41) is 15.0. The Morgan fingerprint density at radius 1 is 1.91 bits per heavy atom. The van der Waals surface area contributed by atoms with Crippen LogP contribution in [0, 0.1) is 0 Å². The number of hydrogen-bond donors (Lipinski definition) is 2. The fourth-order valence-corrected chi connectivity index (χ4v) is 0.665. The van der Waals surface area contributed by atoms with Crippen molar-refractivity contribution in [2.24, 2.45) is 0 Å². The number of carbonyl (C=O) groups is 1. The molecule has 11 heavy (non-hydrogen) atoms. The fraction of sp³-hybridized carbons (Fsp3) is 0.333. The van der Waals surface area contributed by atoms with Gasteiger partial charge in [-0.3, -0.25) is 9.48 Å². The third-order valence-electron chi connectivity index (χ3n) is 1.20. The van der Waals surface area contributed by atoms with Crippen molar-refractivity contribution in [1.29, 1.82) is 0 Å². The van der Waals surface area contributed by atoms with Gasteiger partial charge < -0.3 is 10.4 Å². The lowest BCUT2D eigenvalue weighted by atomic mass is 10.6. The minimum absolute atomic E-state index is 0.0638. The Hall–Kier alpha value is -1.52. The molecular formula is C6H9N3O2. The van der Waals surface area contributed by atoms with Crippen LogP contribution in [-0.2, 0) is 11.3 Å². The van der Waals surface area contributed by atoms with Gasteiger partial charge in [0.25, 0.3) is 0 Å². The van der Waals surface area contributed by atoms with Gasteiger partial charge in [-0.15, -0.1) is 0 Å². The first-order valence-corrected chi connectivity index (χ1v) is 3.14. The molecule has 1 heterocycles. The van der Waals surface area contributed by atoms with Crippen molar-refractivity contribution in [1.82, 2.24) is 15.1 Å². The predicted molar refractivity (Wildman–Crippen MR) is 38.0 cm³/mol. The quantitative estimate of drug-likeness (QED) is 0.595. The van der Waals surface area contributed by atoms with Crippen molar-refractivity contribution in [3.63, 3.8) is 0 Å². The van der Waals surface area contributed by atoms with Crippen molar-refractivity contribution in [2.45, 2.75) is 6.54 Å². The van der Waals surface area contributed by atoms with Crippen LogP contribution in [-0.4, -0.2) is 27.8 Å². The first-order chi connectivity index (χ1) is 5.22. The van der Waals surface area contributed by atoms with Gasteiger partial charge in [-0.2, -0.15) is 5.10 Å². The summed E-state index contributed by atoms with van der Waals surface area (Å²) < 4.78 is 1.36. The van der Waals surface area contributed by atoms with Gasteiger partial charge in [0.2, 0.25) is 5.91 Å². The zero-order valence-electron chi connectivity index (χ0n) is 6.11. The van der Waals surface area contributed by atoms with E-state index >= 15 is 0 Å². The van der Waals surface area contributed by atoms with Gasteiger partial charge in [0.1, 0.15) is 6.54 Å². The van der Waals surface area contributed by atoms with Gasteiger partial charge >= 0.3 is 0 Å². The monoisotopic (exact) mass is 155 g/mol. The molecule has 0 atom stereocenters. The highest BCUT2D eigenvalue weighted by atomic mass is 16.3. The number of aromatic nitrogens is 2. The molecule has 0 unspecified atom stereocenters. The maximum absolute atomic E-state index is 10.7. The molecular weight excluding hydrogens is 146 g/mol. The van der Waals surface area contributed by atoms with Crippen LogP contribution >= 0.6 is 0 Å². The van der Waals surface area contributed by atoms with E-state index in [4.69, 9.17) is 5.11 Å². The molecule has 0 aromatic carbocycles. The molecule has 0 aliphatic carbocycles. The van der Waals surface area contributed by atoms with E-state index in [1.807, 2.05) is 0 Å². The normalized spacial score (nSPS) is 9.55. The Kier molecular flexibility index (Phi) is 2.10. The lowest BCUT2D eigenvalue weighted by molar-refractivity contribution is -0.121. The highest BCUT2D eigenvalue weighted by Crippen LogP contribution is 2.03. The summed E-state index contributed by atoms with van der Waals surface area (Å²) in [6.45, 7) is 0.136. The Morgan fingerprint density at radius 2 is 2.64 bits per heavy atom. The first kappa shape index (κ1) is 7.59. The molecule has 5 heteroatoms. The van der Waals surface area contributed by atoms with Crippen LogP contribution in [0.1, 0.15) is 0 Å². The lowest BCUT2D eigenvalue weighted by Gasteiger charge is -1.97. The number of aromatic hydroxyl groups is 1. The van der Waals surface area contributed by atoms with E-state index < -0.39 is 0 Å². The summed E-state index contributed by atoms with van der Waals surface area (Å²) in [6, 6.07) is 0. The summed E-state index contributed by atoms with van der Waals surface area (Å²) in [4.78, 5) is 10.7. The summed E-state index contributed by atoms with van der Waals surface area (Å²) in [7, 11) is 1.55. The van der Waals surface area contributed by atoms with Gasteiger partial charge in [0.15, 0.2) is 5.75 Å². The minimum Gasteiger partial charge on any atom is -0.505 e. The second-order valence-electron chi connectivity index (χ2n) is 2.07. The van der Waals surface area contributed by atoms with E-state index in [2.05, 4.69) is 10.4 Å². The molecule has 0 aliphatic heterocycles. The van der Waals surface area contributed by atoms with Crippen LogP contribution in [0.5, 0.6) is 5.75 Å². The lowest BCUT2D eigenvalue weighted by Crippen LogP contribution is -2.23. The van der Waals surface area contributed by atoms with Crippen molar-refractivity contribution < 1.29 is 9.90 Å². The zero-order chi connectivity index (χ0) is 8.27. The van der Waals surface area contributed by atoms with Crippen LogP contribution < -0.4 is 5.32 Å². The maximum Gasteiger partial charge on any atom is 0.241 e. The fourth-order valence-electron chi connectivity index (χ4n) is 0.665. The molecule has 0 spiro atoms. The molecule has 5 nitrogen and oxygen atoms in total. The zero-order valence-corrected chi connectivity index (χ0v) is 6.11. The number of hydrogen-bond acceptors (Lipinski definition) is 3. The smallest absolute Gasteiger partial charge is 0.241 e. The molecule has 0 aliphatic rings. The number of likely N-dealkylation sites (N-methyl/N-ethyl adjacent to an activating group) is 1. The van der Waals surface area contributed by atoms with E-state index in [9.17, 15) is 4.79 Å². The van der Waals surface area contributed by atoms with Gasteiger partial charge in [-0.25, -0.2) is 0 Å². The first-order valence-electron chi connectivity index (χ1n) is 3.14. The molecule has 0 saturated carbocycles. The SMILES string of the molecule is CNC(=O)Cn1cc(O)cn1. The van der Waals surface area contributed by atoms with Gasteiger partial charge in [-0.05, 0) is 0 Å². The van der Waals surface area contributed by atoms with Crippen LogP contribution in [0.3, 0.4) is 0 Å². The molecule has 60 valence electrons. The van der Waals surface area contributed by atoms with Gasteiger partial charge in [0.05, 0.1) is 12.4 Å². The Morgan fingerprint density at radius 3 is 3.09 bits per heavy atom. The Bertz CT molecular complexity index is 256. The van der Waals surface area contributed by atoms with Crippen LogP contribution in [0.25, 0.3) is 0 Å². The molecule has 1 rings (SSSR count). The number of rotatable bonds is 2. The standard InChI is InChI=1S/C6H9N3O2/c1-7-6(11)4-9-3-5(10)2-8-9/h2-3,10H,4H2,1H3,(H,7,11). The third kappa shape index (κ3) is 1.96. The largest absolute Gasteiger partial charge is 0.505 e. The van der Waals surface area contributed by atoms with E-state index in [1.165, 1.54) is 17.1 Å². The van der Waals surface area contributed by atoms with Crippen molar-refractivity contribution >= 4 is 5.91 Å². The molecule has 0 fully saturated rings. The Balaban J connectivity index is 2.57. The second kappa shape index (κ2) is 3.05. The average molecular weight is 155 g/mol. The predicted octanol–water partition coefficient (Wildman–Crippen LogP) is -0.665. The highest BCUT2D eigenvalue weighted by molar-refractivity contribution is 5.75. The number of nitrogens with zero attached hydrogens (tertiary/aromatic N) is 2. The number of amides is 1. The summed E-state index contributed by atoms with van der Waals surface area (Å²) >= 11 is 0. The van der Waals surface area contributed by atoms with Crippen LogP contribution in [0.4, 0.5) is 0 Å². The van der Waals surface area contributed by atoms with Gasteiger partial charge in [0, 0.05) is 7.05 Å². The van der Waals surface area contributed by atoms with E-state index in [1.54, 1.807) is 7.05 Å². The molecule has 0 saturated heterocycles. The van der Waals surface area contributed by atoms with Crippen LogP contribution in [0.15, 0.2) is 12.4 Å². The summed E-state index contributed by atoms with van der Waals surface area (Å²) in [5.74, 6) is -0.0815. The molecule has 1 amide bonds. The molecule has 0 bridgehead atoms. The van der Waals surface area contributed by atoms with E-state index in [0.29, 0.717) is 0 Å². The Labute approximate surface area is 63.6 Å². The minimum atomic E-state index is -0.145. The number of nitrogens with one attached hydrogen (secondary N) is 1.